The van der Waals surface area contributed by atoms with Crippen molar-refractivity contribution < 1.29 is 13.9 Å². The molecule has 4 heteroatoms. The topological polar surface area (TPSA) is 33.4 Å². The van der Waals surface area contributed by atoms with Gasteiger partial charge in [0.2, 0.25) is 0 Å². The fraction of sp³-hybridized carbons (Fsp3) is 0.0667. The highest BCUT2D eigenvalue weighted by Gasteiger charge is 2.20. The van der Waals surface area contributed by atoms with Gasteiger partial charge in [0.1, 0.15) is 17.5 Å². The monoisotopic (exact) mass is 320 g/mol. The van der Waals surface area contributed by atoms with Crippen molar-refractivity contribution in [1.29, 1.82) is 0 Å². The van der Waals surface area contributed by atoms with Gasteiger partial charge in [0.05, 0.1) is 10.7 Å². The molecular weight excluding hydrogens is 311 g/mol. The van der Waals surface area contributed by atoms with E-state index in [4.69, 9.17) is 4.42 Å². The molecule has 1 heterocycles. The van der Waals surface area contributed by atoms with Crippen molar-refractivity contribution in [1.82, 2.24) is 0 Å². The van der Waals surface area contributed by atoms with Crippen LogP contribution in [0.4, 0.5) is 4.39 Å². The molecule has 0 aliphatic carbocycles. The van der Waals surface area contributed by atoms with E-state index in [1.807, 2.05) is 24.3 Å². The van der Waals surface area contributed by atoms with E-state index in [2.05, 4.69) is 15.9 Å². The Labute approximate surface area is 117 Å². The average Bonchev–Trinajstić information content (AvgIpc) is 2.85. The predicted octanol–water partition coefficient (Wildman–Crippen LogP) is 4.42. The van der Waals surface area contributed by atoms with Crippen LogP contribution in [0.5, 0.6) is 0 Å². The first-order chi connectivity index (χ1) is 9.18. The summed E-state index contributed by atoms with van der Waals surface area (Å²) in [5.74, 6) is -0.458. The average molecular weight is 321 g/mol. The predicted molar refractivity (Wildman–Crippen MR) is 74.4 cm³/mol. The number of benzene rings is 2. The van der Waals surface area contributed by atoms with Crippen LogP contribution in [0.2, 0.25) is 0 Å². The summed E-state index contributed by atoms with van der Waals surface area (Å²) in [5.41, 5.74) is 1.46. The van der Waals surface area contributed by atoms with Gasteiger partial charge in [-0.15, -0.1) is 0 Å². The first-order valence-corrected chi connectivity index (χ1v) is 6.56. The molecule has 19 heavy (non-hydrogen) atoms. The van der Waals surface area contributed by atoms with Gasteiger partial charge >= 0.3 is 0 Å². The molecule has 1 unspecified atom stereocenters. The molecule has 2 aromatic carbocycles. The highest BCUT2D eigenvalue weighted by atomic mass is 79.9. The van der Waals surface area contributed by atoms with Gasteiger partial charge in [-0.1, -0.05) is 30.3 Å². The maximum absolute atomic E-state index is 14.0. The van der Waals surface area contributed by atoms with Gasteiger partial charge in [0, 0.05) is 16.5 Å². The SMILES string of the molecule is OC(c1cccc(Br)c1F)c1coc2ccccc12. The summed E-state index contributed by atoms with van der Waals surface area (Å²) in [7, 11) is 0. The number of fused-ring (bicyclic) bond motifs is 1. The highest BCUT2D eigenvalue weighted by molar-refractivity contribution is 9.10. The lowest BCUT2D eigenvalue weighted by Crippen LogP contribution is -2.02. The molecule has 0 saturated heterocycles. The van der Waals surface area contributed by atoms with Crippen LogP contribution in [-0.2, 0) is 0 Å². The quantitative estimate of drug-likeness (QED) is 0.758. The zero-order chi connectivity index (χ0) is 13.4. The van der Waals surface area contributed by atoms with Crippen LogP contribution in [0, 0.1) is 5.82 Å². The summed E-state index contributed by atoms with van der Waals surface area (Å²) >= 11 is 3.12. The lowest BCUT2D eigenvalue weighted by molar-refractivity contribution is 0.215. The number of aliphatic hydroxyl groups excluding tert-OH is 1. The number of para-hydroxylation sites is 1. The summed E-state index contributed by atoms with van der Waals surface area (Å²) in [6, 6.07) is 12.2. The van der Waals surface area contributed by atoms with Crippen molar-refractivity contribution in [3.63, 3.8) is 0 Å². The zero-order valence-corrected chi connectivity index (χ0v) is 11.4. The second-order valence-corrected chi connectivity index (χ2v) is 5.09. The van der Waals surface area contributed by atoms with E-state index in [0.717, 1.165) is 5.39 Å². The number of hydrogen-bond donors (Lipinski definition) is 1. The molecule has 2 nitrogen and oxygen atoms in total. The third-order valence-electron chi connectivity index (χ3n) is 3.08. The normalized spacial score (nSPS) is 12.8. The molecule has 0 amide bonds. The molecule has 0 bridgehead atoms. The molecule has 3 aromatic rings. The maximum Gasteiger partial charge on any atom is 0.143 e. The Morgan fingerprint density at radius 2 is 1.84 bits per heavy atom. The van der Waals surface area contributed by atoms with Gasteiger partial charge in [-0.05, 0) is 28.1 Å². The van der Waals surface area contributed by atoms with E-state index >= 15 is 0 Å². The van der Waals surface area contributed by atoms with Crippen molar-refractivity contribution in [3.05, 3.63) is 70.1 Å². The van der Waals surface area contributed by atoms with Crippen molar-refractivity contribution in [2.45, 2.75) is 6.10 Å². The molecule has 0 aliphatic rings. The molecule has 1 N–H and O–H groups in total. The van der Waals surface area contributed by atoms with Crippen LogP contribution in [0.1, 0.15) is 17.2 Å². The second-order valence-electron chi connectivity index (χ2n) is 4.23. The Bertz CT molecular complexity index is 736. The molecule has 0 fully saturated rings. The maximum atomic E-state index is 14.0. The van der Waals surface area contributed by atoms with Crippen LogP contribution in [-0.4, -0.2) is 5.11 Å². The van der Waals surface area contributed by atoms with Gasteiger partial charge in [0.15, 0.2) is 0 Å². The van der Waals surface area contributed by atoms with E-state index < -0.39 is 11.9 Å². The highest BCUT2D eigenvalue weighted by Crippen LogP contribution is 2.33. The smallest absolute Gasteiger partial charge is 0.143 e. The second kappa shape index (κ2) is 4.79. The van der Waals surface area contributed by atoms with Gasteiger partial charge in [-0.2, -0.15) is 0 Å². The lowest BCUT2D eigenvalue weighted by atomic mass is 10.0. The van der Waals surface area contributed by atoms with Crippen molar-refractivity contribution in [2.24, 2.45) is 0 Å². The fourth-order valence-electron chi connectivity index (χ4n) is 2.11. The summed E-state index contributed by atoms with van der Waals surface area (Å²) in [6.45, 7) is 0. The fourth-order valence-corrected chi connectivity index (χ4v) is 2.49. The minimum atomic E-state index is -1.05. The summed E-state index contributed by atoms with van der Waals surface area (Å²) in [6.07, 6.45) is 0.413. The van der Waals surface area contributed by atoms with Gasteiger partial charge in [0.25, 0.3) is 0 Å². The Kier molecular flexibility index (Phi) is 3.12. The van der Waals surface area contributed by atoms with Gasteiger partial charge in [-0.3, -0.25) is 0 Å². The van der Waals surface area contributed by atoms with Crippen molar-refractivity contribution in [3.8, 4) is 0 Å². The standard InChI is InChI=1S/C15H10BrFO2/c16-12-6-3-5-10(14(12)17)15(18)11-8-19-13-7-2-1-4-9(11)13/h1-8,15,18H. The lowest BCUT2D eigenvalue weighted by Gasteiger charge is -2.11. The minimum Gasteiger partial charge on any atom is -0.464 e. The van der Waals surface area contributed by atoms with E-state index in [9.17, 15) is 9.50 Å². The summed E-state index contributed by atoms with van der Waals surface area (Å²) in [5, 5.41) is 11.1. The third kappa shape index (κ3) is 2.07. The number of rotatable bonds is 2. The number of aliphatic hydroxyl groups is 1. The molecule has 0 radical (unpaired) electrons. The molecule has 0 aliphatic heterocycles. The van der Waals surface area contributed by atoms with Gasteiger partial charge in [-0.25, -0.2) is 4.39 Å². The molecular formula is C15H10BrFO2. The molecule has 0 saturated carbocycles. The Hall–Kier alpha value is -1.65. The Morgan fingerprint density at radius 1 is 1.05 bits per heavy atom. The molecule has 1 atom stereocenters. The van der Waals surface area contributed by atoms with Crippen LogP contribution in [0.15, 0.2) is 57.6 Å². The Balaban J connectivity index is 2.13. The molecule has 1 aromatic heterocycles. The van der Waals surface area contributed by atoms with Gasteiger partial charge < -0.3 is 9.52 Å². The minimum absolute atomic E-state index is 0.223. The molecule has 96 valence electrons. The van der Waals surface area contributed by atoms with E-state index in [1.54, 1.807) is 18.2 Å². The summed E-state index contributed by atoms with van der Waals surface area (Å²) < 4.78 is 19.7. The first kappa shape index (κ1) is 12.4. The molecule has 3 rings (SSSR count). The third-order valence-corrected chi connectivity index (χ3v) is 3.69. The van der Waals surface area contributed by atoms with Crippen LogP contribution in [0.25, 0.3) is 11.0 Å². The first-order valence-electron chi connectivity index (χ1n) is 5.76. The van der Waals surface area contributed by atoms with Crippen LogP contribution < -0.4 is 0 Å². The van der Waals surface area contributed by atoms with Crippen molar-refractivity contribution >= 4 is 26.9 Å². The number of hydrogen-bond acceptors (Lipinski definition) is 2. The zero-order valence-electron chi connectivity index (χ0n) is 9.81. The Morgan fingerprint density at radius 3 is 2.68 bits per heavy atom. The van der Waals surface area contributed by atoms with Crippen molar-refractivity contribution in [2.75, 3.05) is 0 Å². The number of halogens is 2. The summed E-state index contributed by atoms with van der Waals surface area (Å²) in [4.78, 5) is 0. The number of furan rings is 1. The van der Waals surface area contributed by atoms with Crippen LogP contribution in [0.3, 0.4) is 0 Å². The van der Waals surface area contributed by atoms with Crippen LogP contribution >= 0.6 is 15.9 Å². The van der Waals surface area contributed by atoms with E-state index in [-0.39, 0.29) is 5.56 Å². The largest absolute Gasteiger partial charge is 0.464 e. The van der Waals surface area contributed by atoms with E-state index in [0.29, 0.717) is 15.6 Å². The molecule has 0 spiro atoms. The van der Waals surface area contributed by atoms with E-state index in [1.165, 1.54) is 6.26 Å².